The average molecular weight is 695 g/mol. The van der Waals surface area contributed by atoms with E-state index < -0.39 is 0 Å². The van der Waals surface area contributed by atoms with Crippen LogP contribution in [0.1, 0.15) is 35.1 Å². The molecule has 0 atom stereocenters. The normalized spacial score (nSPS) is 12.7. The Bertz CT molecular complexity index is 2290. The SMILES string of the molecule is C(=Cc1ccc(N(c2ccccc2)c2ccccc2)cc1)C1=CC=C(c2ccc(C=Cc3ccc(N(c4ccccc4)c4ccccc4)cc3)cc2)CC1. The molecule has 0 saturated heterocycles. The van der Waals surface area contributed by atoms with Crippen molar-refractivity contribution >= 4 is 57.9 Å². The molecule has 2 heteroatoms. The molecule has 0 bridgehead atoms. The Hall–Kier alpha value is -6.90. The van der Waals surface area contributed by atoms with Crippen LogP contribution < -0.4 is 9.80 Å². The van der Waals surface area contributed by atoms with Gasteiger partial charge in [-0.3, -0.25) is 0 Å². The summed E-state index contributed by atoms with van der Waals surface area (Å²) in [6, 6.07) is 68.6. The summed E-state index contributed by atoms with van der Waals surface area (Å²) in [6.07, 6.45) is 15.5. The van der Waals surface area contributed by atoms with Gasteiger partial charge in [0.15, 0.2) is 0 Å². The highest BCUT2D eigenvalue weighted by molar-refractivity contribution is 5.79. The first-order valence-corrected chi connectivity index (χ1v) is 18.6. The third-order valence-corrected chi connectivity index (χ3v) is 9.78. The maximum Gasteiger partial charge on any atom is 0.0462 e. The number of allylic oxidation sites excluding steroid dienone is 5. The van der Waals surface area contributed by atoms with Crippen molar-refractivity contribution in [1.29, 1.82) is 0 Å². The van der Waals surface area contributed by atoms with Crippen LogP contribution in [0.25, 0.3) is 23.8 Å². The van der Waals surface area contributed by atoms with Crippen molar-refractivity contribution in [3.05, 3.63) is 240 Å². The zero-order chi connectivity index (χ0) is 36.4. The molecule has 0 spiro atoms. The molecule has 54 heavy (non-hydrogen) atoms. The Labute approximate surface area is 319 Å². The highest BCUT2D eigenvalue weighted by Gasteiger charge is 2.13. The molecule has 2 nitrogen and oxygen atoms in total. The second-order valence-corrected chi connectivity index (χ2v) is 13.4. The molecule has 7 aromatic rings. The monoisotopic (exact) mass is 694 g/mol. The molecule has 0 saturated carbocycles. The van der Waals surface area contributed by atoms with Crippen molar-refractivity contribution in [2.45, 2.75) is 12.8 Å². The second kappa shape index (κ2) is 16.6. The zero-order valence-corrected chi connectivity index (χ0v) is 30.2. The fourth-order valence-electron chi connectivity index (χ4n) is 6.91. The van der Waals surface area contributed by atoms with Crippen LogP contribution in [-0.2, 0) is 0 Å². The van der Waals surface area contributed by atoms with Crippen molar-refractivity contribution in [2.24, 2.45) is 0 Å². The van der Waals surface area contributed by atoms with Gasteiger partial charge in [-0.2, -0.15) is 0 Å². The number of para-hydroxylation sites is 4. The van der Waals surface area contributed by atoms with E-state index in [0.717, 1.165) is 47.0 Å². The van der Waals surface area contributed by atoms with Crippen LogP contribution in [-0.4, -0.2) is 0 Å². The molecule has 8 rings (SSSR count). The van der Waals surface area contributed by atoms with E-state index in [1.54, 1.807) is 0 Å². The van der Waals surface area contributed by atoms with Gasteiger partial charge in [0, 0.05) is 34.1 Å². The summed E-state index contributed by atoms with van der Waals surface area (Å²) in [5.41, 5.74) is 14.4. The zero-order valence-electron chi connectivity index (χ0n) is 30.2. The number of hydrogen-bond donors (Lipinski definition) is 0. The number of nitrogens with zero attached hydrogens (tertiary/aromatic N) is 2. The third kappa shape index (κ3) is 8.25. The fraction of sp³-hybridized carbons (Fsp3) is 0.0385. The molecule has 0 aliphatic heterocycles. The quantitative estimate of drug-likeness (QED) is 0.124. The van der Waals surface area contributed by atoms with E-state index in [1.165, 1.54) is 33.4 Å². The topological polar surface area (TPSA) is 6.48 Å². The van der Waals surface area contributed by atoms with Gasteiger partial charge in [0.25, 0.3) is 0 Å². The van der Waals surface area contributed by atoms with Crippen molar-refractivity contribution in [2.75, 3.05) is 9.80 Å². The summed E-state index contributed by atoms with van der Waals surface area (Å²) in [5.74, 6) is 0. The summed E-state index contributed by atoms with van der Waals surface area (Å²) in [4.78, 5) is 4.57. The summed E-state index contributed by atoms with van der Waals surface area (Å²) in [5, 5.41) is 0. The van der Waals surface area contributed by atoms with E-state index >= 15 is 0 Å². The maximum atomic E-state index is 2.29. The van der Waals surface area contributed by atoms with Crippen LogP contribution in [0.2, 0.25) is 0 Å². The maximum absolute atomic E-state index is 2.29. The lowest BCUT2D eigenvalue weighted by Crippen LogP contribution is -2.09. The molecule has 260 valence electrons. The smallest absolute Gasteiger partial charge is 0.0462 e. The Balaban J connectivity index is 0.899. The minimum Gasteiger partial charge on any atom is -0.311 e. The molecule has 1 aliphatic carbocycles. The Morgan fingerprint density at radius 1 is 0.296 bits per heavy atom. The molecular weight excluding hydrogens is 653 g/mol. The Kier molecular flexibility index (Phi) is 10.5. The van der Waals surface area contributed by atoms with Gasteiger partial charge in [-0.1, -0.05) is 158 Å². The highest BCUT2D eigenvalue weighted by atomic mass is 15.1. The molecule has 0 N–H and O–H groups in total. The van der Waals surface area contributed by atoms with E-state index in [9.17, 15) is 0 Å². The average Bonchev–Trinajstić information content (AvgIpc) is 3.25. The number of hydrogen-bond acceptors (Lipinski definition) is 2. The van der Waals surface area contributed by atoms with Crippen LogP contribution in [0, 0.1) is 0 Å². The Morgan fingerprint density at radius 3 is 0.981 bits per heavy atom. The lowest BCUT2D eigenvalue weighted by atomic mass is 9.92. The third-order valence-electron chi connectivity index (χ3n) is 9.78. The van der Waals surface area contributed by atoms with Crippen molar-refractivity contribution in [1.82, 2.24) is 0 Å². The highest BCUT2D eigenvalue weighted by Crippen LogP contribution is 2.36. The minimum atomic E-state index is 1.03. The summed E-state index contributed by atoms with van der Waals surface area (Å²) in [7, 11) is 0. The number of rotatable bonds is 11. The lowest BCUT2D eigenvalue weighted by molar-refractivity contribution is 1.01. The molecule has 0 fully saturated rings. The van der Waals surface area contributed by atoms with E-state index in [4.69, 9.17) is 0 Å². The lowest BCUT2D eigenvalue weighted by Gasteiger charge is -2.25. The van der Waals surface area contributed by atoms with Gasteiger partial charge >= 0.3 is 0 Å². The Morgan fingerprint density at radius 2 is 0.630 bits per heavy atom. The number of anilines is 6. The van der Waals surface area contributed by atoms with E-state index in [2.05, 4.69) is 240 Å². The molecule has 0 heterocycles. The van der Waals surface area contributed by atoms with Gasteiger partial charge in [-0.25, -0.2) is 0 Å². The molecule has 7 aromatic carbocycles. The minimum absolute atomic E-state index is 1.03. The summed E-state index contributed by atoms with van der Waals surface area (Å²) >= 11 is 0. The van der Waals surface area contributed by atoms with Gasteiger partial charge in [0.2, 0.25) is 0 Å². The van der Waals surface area contributed by atoms with Crippen molar-refractivity contribution in [3.63, 3.8) is 0 Å². The van der Waals surface area contributed by atoms with Crippen LogP contribution in [0.3, 0.4) is 0 Å². The van der Waals surface area contributed by atoms with Crippen molar-refractivity contribution < 1.29 is 0 Å². The largest absolute Gasteiger partial charge is 0.311 e. The summed E-state index contributed by atoms with van der Waals surface area (Å²) in [6.45, 7) is 0. The molecule has 1 aliphatic rings. The predicted molar refractivity (Wildman–Crippen MR) is 232 cm³/mol. The standard InChI is InChI=1S/C52H42N2/c1-5-13-47(14-6-1)53(48-15-7-2-8-16-48)51-37-29-43(30-38-51)23-21-41-25-33-45(34-26-41)46-35-27-42(28-36-46)22-24-44-31-39-52(40-32-44)54(49-17-9-3-10-18-49)50-19-11-4-12-20-50/h1-27,29-35,37-40H,28,36H2. The van der Waals surface area contributed by atoms with E-state index in [1.807, 2.05) is 0 Å². The first-order valence-electron chi connectivity index (χ1n) is 18.6. The first-order chi connectivity index (χ1) is 26.8. The van der Waals surface area contributed by atoms with Crippen LogP contribution in [0.4, 0.5) is 34.1 Å². The van der Waals surface area contributed by atoms with Crippen LogP contribution in [0.5, 0.6) is 0 Å². The second-order valence-electron chi connectivity index (χ2n) is 13.4. The van der Waals surface area contributed by atoms with Crippen LogP contribution >= 0.6 is 0 Å². The summed E-state index contributed by atoms with van der Waals surface area (Å²) < 4.78 is 0. The van der Waals surface area contributed by atoms with Gasteiger partial charge < -0.3 is 9.80 Å². The van der Waals surface area contributed by atoms with Crippen LogP contribution in [0.15, 0.2) is 218 Å². The first kappa shape index (κ1) is 34.2. The van der Waals surface area contributed by atoms with E-state index in [0.29, 0.717) is 0 Å². The molecular formula is C52H42N2. The molecule has 0 unspecified atom stereocenters. The van der Waals surface area contributed by atoms with Gasteiger partial charge in [0.05, 0.1) is 0 Å². The van der Waals surface area contributed by atoms with Gasteiger partial charge in [0.1, 0.15) is 0 Å². The number of benzene rings is 7. The van der Waals surface area contributed by atoms with Gasteiger partial charge in [-0.05, 0) is 119 Å². The van der Waals surface area contributed by atoms with Gasteiger partial charge in [-0.15, -0.1) is 0 Å². The fourth-order valence-corrected chi connectivity index (χ4v) is 6.91. The van der Waals surface area contributed by atoms with Crippen molar-refractivity contribution in [3.8, 4) is 0 Å². The van der Waals surface area contributed by atoms with E-state index in [-0.39, 0.29) is 0 Å². The molecule has 0 radical (unpaired) electrons. The molecule has 0 aromatic heterocycles. The molecule has 0 amide bonds. The predicted octanol–water partition coefficient (Wildman–Crippen LogP) is 14.6.